The molecule has 0 N–H and O–H groups in total. The molecule has 23 heavy (non-hydrogen) atoms. The van der Waals surface area contributed by atoms with Crippen LogP contribution in [0.2, 0.25) is 5.02 Å². The molecule has 2 aliphatic carbocycles. The number of nitro groups is 1. The zero-order chi connectivity index (χ0) is 16.8. The standard InChI is InChI=1S/C18H21ClN2O2/c1-4-20(5-2)18(21(22)23)7-6-13-9-14-10-17(19)12(3)8-15(14)16(13)11-18/h6-8,10H,4-5,9,11H2,1-3H3. The minimum absolute atomic E-state index is 0.138. The summed E-state index contributed by atoms with van der Waals surface area (Å²) in [5.74, 6) is 0. The summed E-state index contributed by atoms with van der Waals surface area (Å²) >= 11 is 6.24. The number of allylic oxidation sites excluding steroid dienone is 2. The SMILES string of the molecule is CCN(CC)C1([N+](=O)[O-])C=CC2=C(C1)c1cc(C)c(Cl)cc1C2. The fraction of sp³-hybridized carbons (Fsp3) is 0.444. The van der Waals surface area contributed by atoms with Gasteiger partial charge in [0.2, 0.25) is 0 Å². The van der Waals surface area contributed by atoms with Gasteiger partial charge in [0.05, 0.1) is 6.42 Å². The Morgan fingerprint density at radius 3 is 2.65 bits per heavy atom. The third-order valence-electron chi connectivity index (χ3n) is 5.09. The van der Waals surface area contributed by atoms with Crippen LogP contribution in [0.3, 0.4) is 0 Å². The summed E-state index contributed by atoms with van der Waals surface area (Å²) in [7, 11) is 0. The summed E-state index contributed by atoms with van der Waals surface area (Å²) in [6, 6.07) is 4.08. The Bertz CT molecular complexity index is 735. The van der Waals surface area contributed by atoms with E-state index in [4.69, 9.17) is 11.6 Å². The van der Waals surface area contributed by atoms with Gasteiger partial charge in [0, 0.05) is 29.1 Å². The molecule has 0 amide bonds. The van der Waals surface area contributed by atoms with E-state index in [1.54, 1.807) is 6.08 Å². The van der Waals surface area contributed by atoms with Crippen LogP contribution in [0.4, 0.5) is 0 Å². The van der Waals surface area contributed by atoms with Crippen molar-refractivity contribution < 1.29 is 4.92 Å². The Balaban J connectivity index is 2.06. The molecule has 1 aromatic carbocycles. The fourth-order valence-corrected chi connectivity index (χ4v) is 3.97. The molecular formula is C18H21ClN2O2. The molecular weight excluding hydrogens is 312 g/mol. The molecule has 0 spiro atoms. The summed E-state index contributed by atoms with van der Waals surface area (Å²) in [4.78, 5) is 13.7. The number of likely N-dealkylation sites (N-methyl/N-ethyl adjacent to an activating group) is 1. The van der Waals surface area contributed by atoms with Gasteiger partial charge in [0.15, 0.2) is 0 Å². The number of fused-ring (bicyclic) bond motifs is 2. The molecule has 3 rings (SSSR count). The molecule has 0 bridgehead atoms. The average molecular weight is 333 g/mol. The molecule has 2 aliphatic rings. The van der Waals surface area contributed by atoms with Crippen molar-refractivity contribution in [2.24, 2.45) is 0 Å². The Morgan fingerprint density at radius 1 is 1.35 bits per heavy atom. The van der Waals surface area contributed by atoms with Gasteiger partial charge < -0.3 is 0 Å². The monoisotopic (exact) mass is 332 g/mol. The molecule has 1 aromatic rings. The molecule has 0 heterocycles. The Labute approximate surface area is 141 Å². The quantitative estimate of drug-likeness (QED) is 0.471. The highest BCUT2D eigenvalue weighted by Crippen LogP contribution is 2.45. The van der Waals surface area contributed by atoms with Gasteiger partial charge in [-0.2, -0.15) is 0 Å². The summed E-state index contributed by atoms with van der Waals surface area (Å²) in [6.07, 6.45) is 4.96. The predicted molar refractivity (Wildman–Crippen MR) is 93.2 cm³/mol. The lowest BCUT2D eigenvalue weighted by Crippen LogP contribution is -2.53. The summed E-state index contributed by atoms with van der Waals surface area (Å²) in [5.41, 5.74) is 4.47. The van der Waals surface area contributed by atoms with Gasteiger partial charge in [-0.25, -0.2) is 4.90 Å². The van der Waals surface area contributed by atoms with Gasteiger partial charge in [-0.3, -0.25) is 10.1 Å². The van der Waals surface area contributed by atoms with E-state index in [0.717, 1.165) is 28.1 Å². The normalized spacial score (nSPS) is 22.5. The van der Waals surface area contributed by atoms with Crippen LogP contribution in [-0.4, -0.2) is 28.6 Å². The maximum Gasteiger partial charge on any atom is 0.300 e. The highest BCUT2D eigenvalue weighted by atomic mass is 35.5. The maximum atomic E-state index is 11.9. The topological polar surface area (TPSA) is 46.4 Å². The van der Waals surface area contributed by atoms with E-state index in [-0.39, 0.29) is 4.92 Å². The summed E-state index contributed by atoms with van der Waals surface area (Å²) in [5, 5.41) is 12.7. The van der Waals surface area contributed by atoms with Crippen molar-refractivity contribution in [1.29, 1.82) is 0 Å². The molecule has 1 atom stereocenters. The van der Waals surface area contributed by atoms with Crippen molar-refractivity contribution >= 4 is 17.2 Å². The van der Waals surface area contributed by atoms with Crippen molar-refractivity contribution in [3.63, 3.8) is 0 Å². The lowest BCUT2D eigenvalue weighted by molar-refractivity contribution is -0.584. The minimum Gasteiger partial charge on any atom is -0.262 e. The molecule has 0 fully saturated rings. The smallest absolute Gasteiger partial charge is 0.262 e. The van der Waals surface area contributed by atoms with Gasteiger partial charge in [-0.15, -0.1) is 0 Å². The van der Waals surface area contributed by atoms with Crippen LogP contribution in [0.15, 0.2) is 29.9 Å². The number of hydrogen-bond acceptors (Lipinski definition) is 3. The first kappa shape index (κ1) is 16.2. The molecule has 122 valence electrons. The van der Waals surface area contributed by atoms with Gasteiger partial charge in [0.25, 0.3) is 0 Å². The van der Waals surface area contributed by atoms with Crippen molar-refractivity contribution in [2.45, 2.75) is 39.3 Å². The van der Waals surface area contributed by atoms with Gasteiger partial charge in [-0.05, 0) is 53.3 Å². The van der Waals surface area contributed by atoms with Crippen molar-refractivity contribution in [3.8, 4) is 0 Å². The van der Waals surface area contributed by atoms with E-state index in [2.05, 4.69) is 6.07 Å². The van der Waals surface area contributed by atoms with Crippen LogP contribution in [0.1, 0.15) is 37.0 Å². The van der Waals surface area contributed by atoms with Gasteiger partial charge in [0.1, 0.15) is 0 Å². The highest BCUT2D eigenvalue weighted by Gasteiger charge is 2.49. The number of aryl methyl sites for hydroxylation is 1. The van der Waals surface area contributed by atoms with E-state index in [1.165, 1.54) is 11.1 Å². The van der Waals surface area contributed by atoms with E-state index >= 15 is 0 Å². The maximum absolute atomic E-state index is 11.9. The van der Waals surface area contributed by atoms with Crippen LogP contribution in [0.25, 0.3) is 5.57 Å². The van der Waals surface area contributed by atoms with Crippen LogP contribution in [0, 0.1) is 17.0 Å². The average Bonchev–Trinajstić information content (AvgIpc) is 2.85. The van der Waals surface area contributed by atoms with Crippen molar-refractivity contribution in [3.05, 3.63) is 61.7 Å². The second-order valence-electron chi connectivity index (χ2n) is 6.26. The molecule has 1 unspecified atom stereocenters. The lowest BCUT2D eigenvalue weighted by atomic mass is 9.87. The molecule has 4 nitrogen and oxygen atoms in total. The summed E-state index contributed by atoms with van der Waals surface area (Å²) < 4.78 is 0. The van der Waals surface area contributed by atoms with Crippen LogP contribution in [-0.2, 0) is 6.42 Å². The van der Waals surface area contributed by atoms with Gasteiger partial charge in [-0.1, -0.05) is 31.5 Å². The van der Waals surface area contributed by atoms with Crippen molar-refractivity contribution in [2.75, 3.05) is 13.1 Å². The first-order valence-corrected chi connectivity index (χ1v) is 8.41. The molecule has 5 heteroatoms. The van der Waals surface area contributed by atoms with E-state index in [1.807, 2.05) is 37.8 Å². The number of nitrogens with zero attached hydrogens (tertiary/aromatic N) is 2. The number of rotatable bonds is 4. The molecule has 0 aromatic heterocycles. The fourth-order valence-electron chi connectivity index (χ4n) is 3.79. The second-order valence-corrected chi connectivity index (χ2v) is 6.66. The Morgan fingerprint density at radius 2 is 2.04 bits per heavy atom. The minimum atomic E-state index is -1.14. The second kappa shape index (κ2) is 5.77. The van der Waals surface area contributed by atoms with Gasteiger partial charge >= 0.3 is 5.66 Å². The third kappa shape index (κ3) is 2.41. The summed E-state index contributed by atoms with van der Waals surface area (Å²) in [6.45, 7) is 7.22. The molecule has 0 saturated heterocycles. The van der Waals surface area contributed by atoms with Crippen LogP contribution in [0.5, 0.6) is 0 Å². The van der Waals surface area contributed by atoms with Crippen molar-refractivity contribution in [1.82, 2.24) is 4.90 Å². The number of hydrogen-bond donors (Lipinski definition) is 0. The van der Waals surface area contributed by atoms with E-state index in [0.29, 0.717) is 19.5 Å². The van der Waals surface area contributed by atoms with Crippen LogP contribution >= 0.6 is 11.6 Å². The first-order chi connectivity index (χ1) is 10.9. The zero-order valence-electron chi connectivity index (χ0n) is 13.7. The van der Waals surface area contributed by atoms with E-state index in [9.17, 15) is 10.1 Å². The van der Waals surface area contributed by atoms with Crippen LogP contribution < -0.4 is 0 Å². The van der Waals surface area contributed by atoms with E-state index < -0.39 is 5.66 Å². The predicted octanol–water partition coefficient (Wildman–Crippen LogP) is 4.23. The molecule has 0 saturated carbocycles. The number of benzene rings is 1. The lowest BCUT2D eigenvalue weighted by Gasteiger charge is -2.35. The first-order valence-electron chi connectivity index (χ1n) is 8.03. The zero-order valence-corrected chi connectivity index (χ0v) is 14.5. The third-order valence-corrected chi connectivity index (χ3v) is 5.50. The Hall–Kier alpha value is -1.65. The largest absolute Gasteiger partial charge is 0.300 e. The molecule has 0 radical (unpaired) electrons. The number of halogens is 1. The molecule has 0 aliphatic heterocycles. The highest BCUT2D eigenvalue weighted by molar-refractivity contribution is 6.31. The Kier molecular flexibility index (Phi) is 4.07.